The van der Waals surface area contributed by atoms with E-state index in [9.17, 15) is 0 Å². The Morgan fingerprint density at radius 2 is 2.00 bits per heavy atom. The fourth-order valence-electron chi connectivity index (χ4n) is 3.26. The van der Waals surface area contributed by atoms with E-state index in [2.05, 4.69) is 25.6 Å². The van der Waals surface area contributed by atoms with Gasteiger partial charge in [0.15, 0.2) is 0 Å². The first-order valence-corrected chi connectivity index (χ1v) is 9.98. The summed E-state index contributed by atoms with van der Waals surface area (Å²) in [6, 6.07) is 2.50. The number of nitrogens with zero attached hydrogens (tertiary/aromatic N) is 5. The largest absolute Gasteiger partial charge is 0.367 e. The summed E-state index contributed by atoms with van der Waals surface area (Å²) in [4.78, 5) is 18.0. The Kier molecular flexibility index (Phi) is 4.85. The van der Waals surface area contributed by atoms with E-state index in [0.29, 0.717) is 6.04 Å². The fraction of sp³-hybridized carbons (Fsp3) is 0.611. The maximum Gasteiger partial charge on any atom is 0.133 e. The summed E-state index contributed by atoms with van der Waals surface area (Å²) in [6.45, 7) is 3.22. The molecule has 0 unspecified atom stereocenters. The van der Waals surface area contributed by atoms with Crippen LogP contribution in [-0.4, -0.2) is 53.1 Å². The number of piperidine rings is 1. The summed E-state index contributed by atoms with van der Waals surface area (Å²) in [6.07, 6.45) is 6.58. The van der Waals surface area contributed by atoms with Crippen LogP contribution in [0.4, 0.5) is 11.6 Å². The molecule has 6 nitrogen and oxygen atoms in total. The van der Waals surface area contributed by atoms with Crippen LogP contribution in [0.1, 0.15) is 42.3 Å². The summed E-state index contributed by atoms with van der Waals surface area (Å²) in [5.74, 6) is 2.63. The van der Waals surface area contributed by atoms with Gasteiger partial charge in [-0.3, -0.25) is 4.90 Å². The molecule has 0 amide bonds. The van der Waals surface area contributed by atoms with Crippen LogP contribution in [0.3, 0.4) is 0 Å². The molecule has 134 valence electrons. The molecule has 0 spiro atoms. The Balaban J connectivity index is 1.27. The van der Waals surface area contributed by atoms with E-state index in [1.807, 2.05) is 36.4 Å². The molecule has 0 atom stereocenters. The fourth-order valence-corrected chi connectivity index (χ4v) is 4.24. The highest BCUT2D eigenvalue weighted by molar-refractivity contribution is 7.09. The maximum atomic E-state index is 4.82. The average Bonchev–Trinajstić information content (AvgIpc) is 3.37. The molecule has 25 heavy (non-hydrogen) atoms. The molecular formula is C18H26N6S. The van der Waals surface area contributed by atoms with Crippen molar-refractivity contribution < 1.29 is 0 Å². The number of rotatable bonds is 6. The molecule has 2 aliphatic rings. The van der Waals surface area contributed by atoms with E-state index in [1.54, 1.807) is 6.33 Å². The Morgan fingerprint density at radius 3 is 2.72 bits per heavy atom. The molecule has 1 aliphatic carbocycles. The first kappa shape index (κ1) is 16.7. The molecule has 1 saturated heterocycles. The Labute approximate surface area is 153 Å². The average molecular weight is 359 g/mol. The second-order valence-corrected chi connectivity index (χ2v) is 8.19. The third-order valence-corrected chi connectivity index (χ3v) is 5.99. The van der Waals surface area contributed by atoms with Crippen molar-refractivity contribution in [2.75, 3.05) is 37.4 Å². The topological polar surface area (TPSA) is 57.2 Å². The molecular weight excluding hydrogens is 332 g/mol. The van der Waals surface area contributed by atoms with Crippen LogP contribution >= 0.6 is 11.3 Å². The van der Waals surface area contributed by atoms with Gasteiger partial charge >= 0.3 is 0 Å². The summed E-state index contributed by atoms with van der Waals surface area (Å²) in [7, 11) is 4.00. The van der Waals surface area contributed by atoms with Gasteiger partial charge in [0.1, 0.15) is 18.0 Å². The van der Waals surface area contributed by atoms with Gasteiger partial charge in [0.25, 0.3) is 0 Å². The van der Waals surface area contributed by atoms with Gasteiger partial charge in [-0.1, -0.05) is 0 Å². The summed E-state index contributed by atoms with van der Waals surface area (Å²) in [5, 5.41) is 7.18. The zero-order valence-corrected chi connectivity index (χ0v) is 15.8. The van der Waals surface area contributed by atoms with E-state index in [0.717, 1.165) is 50.0 Å². The Hall–Kier alpha value is -1.73. The normalized spacial score (nSPS) is 19.1. The lowest BCUT2D eigenvalue weighted by atomic mass is 10.0. The number of nitrogens with one attached hydrogen (secondary N) is 1. The van der Waals surface area contributed by atoms with Crippen molar-refractivity contribution in [2.24, 2.45) is 0 Å². The van der Waals surface area contributed by atoms with Gasteiger partial charge in [0.05, 0.1) is 10.7 Å². The van der Waals surface area contributed by atoms with Crippen LogP contribution in [0.15, 0.2) is 17.8 Å². The number of hydrogen-bond donors (Lipinski definition) is 1. The third kappa shape index (κ3) is 4.27. The predicted molar refractivity (Wildman–Crippen MR) is 102 cm³/mol. The minimum Gasteiger partial charge on any atom is -0.367 e. The molecule has 2 fully saturated rings. The highest BCUT2D eigenvalue weighted by Crippen LogP contribution is 2.41. The summed E-state index contributed by atoms with van der Waals surface area (Å²) in [5.41, 5.74) is 1.25. The molecule has 2 aromatic rings. The van der Waals surface area contributed by atoms with Crippen LogP contribution < -0.4 is 10.2 Å². The quantitative estimate of drug-likeness (QED) is 0.857. The molecule has 1 saturated carbocycles. The lowest BCUT2D eigenvalue weighted by Crippen LogP contribution is -2.38. The second kappa shape index (κ2) is 7.25. The van der Waals surface area contributed by atoms with E-state index in [4.69, 9.17) is 4.98 Å². The van der Waals surface area contributed by atoms with Crippen molar-refractivity contribution in [1.29, 1.82) is 0 Å². The van der Waals surface area contributed by atoms with Crippen molar-refractivity contribution in [3.05, 3.63) is 28.5 Å². The molecule has 1 N–H and O–H groups in total. The molecule has 1 aliphatic heterocycles. The highest BCUT2D eigenvalue weighted by Gasteiger charge is 2.27. The number of likely N-dealkylation sites (tertiary alicyclic amines) is 1. The summed E-state index contributed by atoms with van der Waals surface area (Å²) < 4.78 is 0. The SMILES string of the molecule is CN(C)c1cc(NC2CCN(Cc3csc(C4CC4)n3)CC2)ncn1. The summed E-state index contributed by atoms with van der Waals surface area (Å²) >= 11 is 1.85. The van der Waals surface area contributed by atoms with Crippen LogP contribution in [0.5, 0.6) is 0 Å². The van der Waals surface area contributed by atoms with Crippen LogP contribution in [-0.2, 0) is 6.54 Å². The lowest BCUT2D eigenvalue weighted by Gasteiger charge is -2.32. The predicted octanol–water partition coefficient (Wildman–Crippen LogP) is 2.95. The van der Waals surface area contributed by atoms with Gasteiger partial charge in [0, 0.05) is 57.1 Å². The molecule has 4 rings (SSSR count). The molecule has 2 aromatic heterocycles. The number of aromatic nitrogens is 3. The number of thiazole rings is 1. The van der Waals surface area contributed by atoms with Crippen LogP contribution in [0.2, 0.25) is 0 Å². The van der Waals surface area contributed by atoms with Gasteiger partial charge in [-0.15, -0.1) is 11.3 Å². The molecule has 0 radical (unpaired) electrons. The lowest BCUT2D eigenvalue weighted by molar-refractivity contribution is 0.209. The first-order valence-electron chi connectivity index (χ1n) is 9.10. The van der Waals surface area contributed by atoms with Crippen molar-refractivity contribution in [1.82, 2.24) is 19.9 Å². The van der Waals surface area contributed by atoms with Gasteiger partial charge in [-0.25, -0.2) is 15.0 Å². The highest BCUT2D eigenvalue weighted by atomic mass is 32.1. The Bertz CT molecular complexity index is 703. The van der Waals surface area contributed by atoms with Gasteiger partial charge in [-0.2, -0.15) is 0 Å². The second-order valence-electron chi connectivity index (χ2n) is 7.30. The minimum atomic E-state index is 0.485. The molecule has 0 bridgehead atoms. The van der Waals surface area contributed by atoms with E-state index in [1.165, 1.54) is 23.5 Å². The van der Waals surface area contributed by atoms with Gasteiger partial charge in [0.2, 0.25) is 0 Å². The minimum absolute atomic E-state index is 0.485. The third-order valence-electron chi connectivity index (χ3n) is 4.93. The molecule has 0 aromatic carbocycles. The van der Waals surface area contributed by atoms with Crippen LogP contribution in [0.25, 0.3) is 0 Å². The van der Waals surface area contributed by atoms with Crippen molar-refractivity contribution >= 4 is 23.0 Å². The zero-order valence-electron chi connectivity index (χ0n) is 15.0. The van der Waals surface area contributed by atoms with E-state index < -0.39 is 0 Å². The monoisotopic (exact) mass is 358 g/mol. The van der Waals surface area contributed by atoms with E-state index >= 15 is 0 Å². The molecule has 3 heterocycles. The van der Waals surface area contributed by atoms with Gasteiger partial charge < -0.3 is 10.2 Å². The first-order chi connectivity index (χ1) is 12.2. The standard InChI is InChI=1S/C18H26N6S/c1-23(2)17-9-16(19-12-20-17)21-14-5-7-24(8-6-14)10-15-11-25-18(22-15)13-3-4-13/h9,11-14H,3-8,10H2,1-2H3,(H,19,20,21). The van der Waals surface area contributed by atoms with E-state index in [-0.39, 0.29) is 0 Å². The van der Waals surface area contributed by atoms with Gasteiger partial charge in [-0.05, 0) is 25.7 Å². The maximum absolute atomic E-state index is 4.82. The van der Waals surface area contributed by atoms with Crippen LogP contribution in [0, 0.1) is 0 Å². The smallest absolute Gasteiger partial charge is 0.133 e. The zero-order chi connectivity index (χ0) is 17.2. The number of hydrogen-bond acceptors (Lipinski definition) is 7. The van der Waals surface area contributed by atoms with Crippen molar-refractivity contribution in [3.8, 4) is 0 Å². The Morgan fingerprint density at radius 1 is 1.20 bits per heavy atom. The molecule has 7 heteroatoms. The number of anilines is 2. The van der Waals surface area contributed by atoms with Crippen molar-refractivity contribution in [2.45, 2.75) is 44.2 Å². The van der Waals surface area contributed by atoms with Crippen molar-refractivity contribution in [3.63, 3.8) is 0 Å².